The largest absolute Gasteiger partial charge is 0.508 e. The number of rotatable bonds is 4. The lowest BCUT2D eigenvalue weighted by Gasteiger charge is -2.29. The number of furan rings is 1. The zero-order chi connectivity index (χ0) is 25.7. The van der Waals surface area contributed by atoms with Crippen molar-refractivity contribution < 1.29 is 28.7 Å². The van der Waals surface area contributed by atoms with E-state index in [0.29, 0.717) is 41.1 Å². The number of fused-ring (bicyclic) bond motifs is 2. The number of phenols is 1. The van der Waals surface area contributed by atoms with Crippen molar-refractivity contribution in [2.75, 3.05) is 18.4 Å². The standard InChI is InChI=1S/C25H22N6O6/c32-17-4-3-14-11-31(21(33)18(14)9-17)13-25(22(34)28-23(35)29-25)20-8-15-12-30(7-5-19(15)37-20)24(36)27-16-2-1-6-26-10-16/h1-4,6,8-10,32H,5,7,11-13H2,(H,27,36)(H2,28,29,34,35)/t25-/m0/s1. The van der Waals surface area contributed by atoms with Crippen LogP contribution in [0.1, 0.15) is 33.0 Å². The summed E-state index contributed by atoms with van der Waals surface area (Å²) in [5.41, 5.74) is 0.680. The first-order valence-corrected chi connectivity index (χ1v) is 11.7. The fourth-order valence-electron chi connectivity index (χ4n) is 4.97. The number of aromatic nitrogens is 1. The number of hydrogen-bond acceptors (Lipinski definition) is 7. The number of nitrogens with zero attached hydrogens (tertiary/aromatic N) is 3. The molecule has 3 aliphatic rings. The molecule has 1 fully saturated rings. The van der Waals surface area contributed by atoms with Gasteiger partial charge in [-0.05, 0) is 35.9 Å². The van der Waals surface area contributed by atoms with Crippen LogP contribution in [0.5, 0.6) is 5.75 Å². The van der Waals surface area contributed by atoms with Gasteiger partial charge in [0.05, 0.1) is 25.0 Å². The van der Waals surface area contributed by atoms with Crippen LogP contribution >= 0.6 is 0 Å². The number of amides is 6. The summed E-state index contributed by atoms with van der Waals surface area (Å²) < 4.78 is 6.08. The van der Waals surface area contributed by atoms with Crippen molar-refractivity contribution >= 4 is 29.6 Å². The maximum Gasteiger partial charge on any atom is 0.322 e. The van der Waals surface area contributed by atoms with E-state index < -0.39 is 17.5 Å². The first kappa shape index (κ1) is 22.6. The molecule has 12 nitrogen and oxygen atoms in total. The number of carbonyl (C=O) groups excluding carboxylic acids is 4. The molecule has 0 unspecified atom stereocenters. The SMILES string of the molecule is O=C1NC(=O)[C@](CN2Cc3ccc(O)cc3C2=O)(c2cc3c(o2)CCN(C(=O)Nc2cccnc2)C3)N1. The molecule has 5 heterocycles. The molecule has 0 spiro atoms. The third-order valence-electron chi connectivity index (χ3n) is 6.83. The van der Waals surface area contributed by atoms with Gasteiger partial charge in [-0.15, -0.1) is 0 Å². The lowest BCUT2D eigenvalue weighted by Crippen LogP contribution is -2.52. The quantitative estimate of drug-likeness (QED) is 0.395. The molecule has 37 heavy (non-hydrogen) atoms. The Kier molecular flexibility index (Phi) is 5.10. The number of benzene rings is 1. The second-order valence-corrected chi connectivity index (χ2v) is 9.22. The van der Waals surface area contributed by atoms with E-state index in [1.54, 1.807) is 41.6 Å². The van der Waals surface area contributed by atoms with Crippen molar-refractivity contribution in [1.82, 2.24) is 25.4 Å². The fourth-order valence-corrected chi connectivity index (χ4v) is 4.97. The van der Waals surface area contributed by atoms with Crippen molar-refractivity contribution in [1.29, 1.82) is 0 Å². The highest BCUT2D eigenvalue weighted by Gasteiger charge is 2.53. The number of anilines is 1. The normalized spacial score (nSPS) is 20.4. The molecule has 2 aromatic heterocycles. The van der Waals surface area contributed by atoms with Gasteiger partial charge in [-0.25, -0.2) is 9.59 Å². The number of nitrogens with one attached hydrogen (secondary N) is 3. The van der Waals surface area contributed by atoms with Gasteiger partial charge in [0, 0.05) is 36.8 Å². The van der Waals surface area contributed by atoms with Gasteiger partial charge in [-0.3, -0.25) is 19.9 Å². The lowest BCUT2D eigenvalue weighted by molar-refractivity contribution is -0.125. The summed E-state index contributed by atoms with van der Waals surface area (Å²) in [6, 6.07) is 8.65. The third kappa shape index (κ3) is 3.82. The molecule has 3 aliphatic heterocycles. The van der Waals surface area contributed by atoms with Crippen LogP contribution in [0.2, 0.25) is 0 Å². The number of hydrogen-bond donors (Lipinski definition) is 4. The van der Waals surface area contributed by atoms with Crippen LogP contribution in [0.4, 0.5) is 15.3 Å². The average Bonchev–Trinajstić information content (AvgIpc) is 3.53. The predicted octanol–water partition coefficient (Wildman–Crippen LogP) is 1.66. The maximum absolute atomic E-state index is 13.1. The van der Waals surface area contributed by atoms with Gasteiger partial charge in [0.15, 0.2) is 5.54 Å². The molecule has 3 aromatic rings. The van der Waals surface area contributed by atoms with Crippen LogP contribution in [0.3, 0.4) is 0 Å². The summed E-state index contributed by atoms with van der Waals surface area (Å²) in [5, 5.41) is 17.5. The Balaban J connectivity index is 1.26. The minimum Gasteiger partial charge on any atom is -0.508 e. The zero-order valence-electron chi connectivity index (χ0n) is 19.5. The van der Waals surface area contributed by atoms with E-state index in [1.807, 2.05) is 0 Å². The number of imide groups is 1. The first-order chi connectivity index (χ1) is 17.8. The number of phenolic OH excluding ortho intramolecular Hbond substituents is 1. The number of urea groups is 2. The van der Waals surface area contributed by atoms with Crippen LogP contribution in [0, 0.1) is 0 Å². The number of pyridine rings is 1. The third-order valence-corrected chi connectivity index (χ3v) is 6.83. The van der Waals surface area contributed by atoms with Crippen molar-refractivity contribution in [3.8, 4) is 5.75 Å². The van der Waals surface area contributed by atoms with Gasteiger partial charge in [0.1, 0.15) is 17.3 Å². The second kappa shape index (κ2) is 8.36. The molecule has 1 aromatic carbocycles. The highest BCUT2D eigenvalue weighted by atomic mass is 16.3. The van der Waals surface area contributed by atoms with Crippen LogP contribution in [0.15, 0.2) is 53.2 Å². The molecule has 0 aliphatic carbocycles. The van der Waals surface area contributed by atoms with E-state index in [9.17, 15) is 24.3 Å². The topological polar surface area (TPSA) is 157 Å². The Morgan fingerprint density at radius 1 is 1.16 bits per heavy atom. The number of aromatic hydroxyl groups is 1. The van der Waals surface area contributed by atoms with E-state index in [2.05, 4.69) is 20.9 Å². The summed E-state index contributed by atoms with van der Waals surface area (Å²) in [5.74, 6) is -0.252. The molecule has 0 radical (unpaired) electrons. The lowest BCUT2D eigenvalue weighted by atomic mass is 9.94. The van der Waals surface area contributed by atoms with Gasteiger partial charge in [0.2, 0.25) is 0 Å². The fraction of sp³-hybridized carbons (Fsp3) is 0.240. The Bertz CT molecular complexity index is 1450. The van der Waals surface area contributed by atoms with Crippen molar-refractivity contribution in [2.45, 2.75) is 25.0 Å². The monoisotopic (exact) mass is 502 g/mol. The van der Waals surface area contributed by atoms with Crippen molar-refractivity contribution in [3.05, 3.63) is 77.0 Å². The van der Waals surface area contributed by atoms with Crippen LogP contribution in [-0.2, 0) is 29.8 Å². The molecular formula is C25H22N6O6. The van der Waals surface area contributed by atoms with Gasteiger partial charge in [0.25, 0.3) is 11.8 Å². The van der Waals surface area contributed by atoms with E-state index in [0.717, 1.165) is 0 Å². The van der Waals surface area contributed by atoms with Crippen molar-refractivity contribution in [2.24, 2.45) is 0 Å². The smallest absolute Gasteiger partial charge is 0.322 e. The molecule has 12 heteroatoms. The molecule has 0 saturated carbocycles. The Morgan fingerprint density at radius 3 is 2.78 bits per heavy atom. The molecule has 4 N–H and O–H groups in total. The van der Waals surface area contributed by atoms with E-state index in [4.69, 9.17) is 4.42 Å². The molecule has 1 saturated heterocycles. The zero-order valence-corrected chi connectivity index (χ0v) is 19.5. The predicted molar refractivity (Wildman–Crippen MR) is 127 cm³/mol. The Morgan fingerprint density at radius 2 is 2.03 bits per heavy atom. The van der Waals surface area contributed by atoms with Crippen LogP contribution in [-0.4, -0.2) is 56.9 Å². The maximum atomic E-state index is 13.1. The Labute approximate surface area is 210 Å². The van der Waals surface area contributed by atoms with Crippen LogP contribution in [0.25, 0.3) is 0 Å². The summed E-state index contributed by atoms with van der Waals surface area (Å²) >= 11 is 0. The summed E-state index contributed by atoms with van der Waals surface area (Å²) in [7, 11) is 0. The summed E-state index contributed by atoms with van der Waals surface area (Å²) in [6.45, 7) is 0.670. The van der Waals surface area contributed by atoms with Crippen molar-refractivity contribution in [3.63, 3.8) is 0 Å². The van der Waals surface area contributed by atoms with E-state index in [1.165, 1.54) is 17.0 Å². The van der Waals surface area contributed by atoms with Gasteiger partial charge in [-0.2, -0.15) is 0 Å². The van der Waals surface area contributed by atoms with E-state index in [-0.39, 0.29) is 43.1 Å². The van der Waals surface area contributed by atoms with Crippen LogP contribution < -0.4 is 16.0 Å². The molecule has 188 valence electrons. The minimum atomic E-state index is -1.64. The second-order valence-electron chi connectivity index (χ2n) is 9.22. The molecular weight excluding hydrogens is 480 g/mol. The van der Waals surface area contributed by atoms with Gasteiger partial charge >= 0.3 is 12.1 Å². The Hall–Kier alpha value is -4.87. The molecule has 0 bridgehead atoms. The molecule has 6 amide bonds. The van der Waals surface area contributed by atoms with E-state index >= 15 is 0 Å². The average molecular weight is 502 g/mol. The highest BCUT2D eigenvalue weighted by molar-refractivity contribution is 6.08. The molecule has 1 atom stereocenters. The highest BCUT2D eigenvalue weighted by Crippen LogP contribution is 2.35. The number of carbonyl (C=O) groups is 4. The minimum absolute atomic E-state index is 0.0357. The molecule has 6 rings (SSSR count). The summed E-state index contributed by atoms with van der Waals surface area (Å²) in [4.78, 5) is 58.2. The van der Waals surface area contributed by atoms with Gasteiger partial charge in [-0.1, -0.05) is 6.07 Å². The van der Waals surface area contributed by atoms with Gasteiger partial charge < -0.3 is 30.0 Å². The first-order valence-electron chi connectivity index (χ1n) is 11.7. The summed E-state index contributed by atoms with van der Waals surface area (Å²) in [6.07, 6.45) is 3.57.